The van der Waals surface area contributed by atoms with Crippen LogP contribution in [0, 0.1) is 6.92 Å². The molecule has 2 rings (SSSR count). The zero-order valence-corrected chi connectivity index (χ0v) is 7.84. The summed E-state index contributed by atoms with van der Waals surface area (Å²) < 4.78 is 5.30. The Morgan fingerprint density at radius 1 is 1.69 bits per heavy atom. The molecule has 1 atom stereocenters. The second-order valence-corrected chi connectivity index (χ2v) is 3.50. The summed E-state index contributed by atoms with van der Waals surface area (Å²) in [6, 6.07) is 0. The first-order valence-corrected chi connectivity index (χ1v) is 4.68. The summed E-state index contributed by atoms with van der Waals surface area (Å²) in [6.07, 6.45) is 1.13. The molecule has 0 bridgehead atoms. The predicted molar refractivity (Wildman–Crippen MR) is 49.4 cm³/mol. The normalized spacial score (nSPS) is 22.5. The lowest BCUT2D eigenvalue weighted by atomic mass is 10.0. The van der Waals surface area contributed by atoms with E-state index in [2.05, 4.69) is 10.5 Å². The highest BCUT2D eigenvalue weighted by atomic mass is 16.5. The monoisotopic (exact) mass is 181 g/mol. The van der Waals surface area contributed by atoms with Crippen molar-refractivity contribution in [3.05, 3.63) is 17.0 Å². The molecule has 0 amide bonds. The molecule has 0 aliphatic carbocycles. The minimum absolute atomic E-state index is 0.472. The molecule has 0 spiro atoms. The van der Waals surface area contributed by atoms with Gasteiger partial charge in [-0.25, -0.2) is 0 Å². The van der Waals surface area contributed by atoms with Crippen molar-refractivity contribution in [2.24, 2.45) is 5.73 Å². The fourth-order valence-corrected chi connectivity index (χ4v) is 1.85. The maximum atomic E-state index is 5.64. The fraction of sp³-hybridized carbons (Fsp3) is 0.667. The molecule has 1 aromatic rings. The lowest BCUT2D eigenvalue weighted by molar-refractivity contribution is 0.360. The number of nitrogens with zero attached hydrogens (tertiary/aromatic N) is 1. The molecule has 0 saturated carbocycles. The Bertz CT molecular complexity index is 289. The van der Waals surface area contributed by atoms with E-state index >= 15 is 0 Å². The van der Waals surface area contributed by atoms with Crippen LogP contribution in [0.1, 0.15) is 29.4 Å². The Morgan fingerprint density at radius 3 is 3.15 bits per heavy atom. The molecule has 1 aliphatic heterocycles. The first-order chi connectivity index (χ1) is 6.33. The maximum absolute atomic E-state index is 5.64. The van der Waals surface area contributed by atoms with Crippen LogP contribution in [0.2, 0.25) is 0 Å². The van der Waals surface area contributed by atoms with Crippen LogP contribution < -0.4 is 11.1 Å². The van der Waals surface area contributed by atoms with Gasteiger partial charge in [-0.1, -0.05) is 5.16 Å². The number of rotatable bonds is 2. The van der Waals surface area contributed by atoms with Gasteiger partial charge in [0.05, 0.1) is 5.69 Å². The van der Waals surface area contributed by atoms with Crippen molar-refractivity contribution in [1.29, 1.82) is 0 Å². The highest BCUT2D eigenvalue weighted by Gasteiger charge is 2.24. The zero-order valence-electron chi connectivity index (χ0n) is 7.84. The Morgan fingerprint density at radius 2 is 2.54 bits per heavy atom. The van der Waals surface area contributed by atoms with Gasteiger partial charge in [-0.15, -0.1) is 0 Å². The average molecular weight is 181 g/mol. The third-order valence-electron chi connectivity index (χ3n) is 2.65. The summed E-state index contributed by atoms with van der Waals surface area (Å²) in [6.45, 7) is 4.52. The second-order valence-electron chi connectivity index (χ2n) is 3.50. The van der Waals surface area contributed by atoms with Crippen LogP contribution in [0.5, 0.6) is 0 Å². The predicted octanol–water partition coefficient (Wildman–Crippen LogP) is 0.519. The Hall–Kier alpha value is -0.870. The third kappa shape index (κ3) is 1.47. The van der Waals surface area contributed by atoms with Crippen molar-refractivity contribution in [2.75, 3.05) is 13.1 Å². The standard InChI is InChI=1S/C9H15N3O/c1-6-8(4-10)9(13-12-6)7-2-3-11-5-7/h7,11H,2-5,10H2,1H3. The largest absolute Gasteiger partial charge is 0.360 e. The molecule has 4 heteroatoms. The van der Waals surface area contributed by atoms with E-state index in [1.54, 1.807) is 0 Å². The van der Waals surface area contributed by atoms with E-state index in [0.29, 0.717) is 12.5 Å². The maximum Gasteiger partial charge on any atom is 0.145 e. The molecule has 0 aromatic carbocycles. The van der Waals surface area contributed by atoms with E-state index in [9.17, 15) is 0 Å². The molecule has 1 saturated heterocycles. The molecular weight excluding hydrogens is 166 g/mol. The lowest BCUT2D eigenvalue weighted by Gasteiger charge is -2.04. The molecular formula is C9H15N3O. The van der Waals surface area contributed by atoms with Crippen molar-refractivity contribution in [3.8, 4) is 0 Å². The topological polar surface area (TPSA) is 64.1 Å². The van der Waals surface area contributed by atoms with E-state index in [4.69, 9.17) is 10.3 Å². The number of nitrogens with one attached hydrogen (secondary N) is 1. The van der Waals surface area contributed by atoms with Gasteiger partial charge < -0.3 is 15.6 Å². The minimum Gasteiger partial charge on any atom is -0.360 e. The molecule has 72 valence electrons. The molecule has 0 radical (unpaired) electrons. The van der Waals surface area contributed by atoms with Gasteiger partial charge in [-0.05, 0) is 19.9 Å². The second kappa shape index (κ2) is 3.47. The molecule has 1 fully saturated rings. The molecule has 1 aliphatic rings. The number of aryl methyl sites for hydroxylation is 1. The molecule has 13 heavy (non-hydrogen) atoms. The molecule has 3 N–H and O–H groups in total. The third-order valence-corrected chi connectivity index (χ3v) is 2.65. The number of hydrogen-bond donors (Lipinski definition) is 2. The summed E-state index contributed by atoms with van der Waals surface area (Å²) in [4.78, 5) is 0. The Labute approximate surface area is 77.5 Å². The van der Waals surface area contributed by atoms with Crippen LogP contribution in [-0.2, 0) is 6.54 Å². The highest BCUT2D eigenvalue weighted by molar-refractivity contribution is 5.25. The van der Waals surface area contributed by atoms with Gasteiger partial charge in [0.15, 0.2) is 0 Å². The first kappa shape index (κ1) is 8.72. The van der Waals surface area contributed by atoms with Crippen LogP contribution in [0.15, 0.2) is 4.52 Å². The molecule has 1 aromatic heterocycles. The van der Waals surface area contributed by atoms with Crippen LogP contribution in [0.4, 0.5) is 0 Å². The summed E-state index contributed by atoms with van der Waals surface area (Å²) in [5.74, 6) is 1.46. The van der Waals surface area contributed by atoms with Crippen molar-refractivity contribution >= 4 is 0 Å². The number of nitrogens with two attached hydrogens (primary N) is 1. The number of aromatic nitrogens is 1. The van der Waals surface area contributed by atoms with Gasteiger partial charge in [0.2, 0.25) is 0 Å². The van der Waals surface area contributed by atoms with Crippen LogP contribution in [-0.4, -0.2) is 18.2 Å². The van der Waals surface area contributed by atoms with Crippen molar-refractivity contribution in [1.82, 2.24) is 10.5 Å². The van der Waals surface area contributed by atoms with Gasteiger partial charge in [0.25, 0.3) is 0 Å². The van der Waals surface area contributed by atoms with Crippen molar-refractivity contribution < 1.29 is 4.52 Å². The zero-order chi connectivity index (χ0) is 9.26. The van der Waals surface area contributed by atoms with E-state index in [0.717, 1.165) is 36.5 Å². The lowest BCUT2D eigenvalue weighted by Crippen LogP contribution is -2.09. The van der Waals surface area contributed by atoms with Gasteiger partial charge in [-0.2, -0.15) is 0 Å². The van der Waals surface area contributed by atoms with E-state index in [1.807, 2.05) is 6.92 Å². The Kier molecular flexibility index (Phi) is 2.33. The van der Waals surface area contributed by atoms with Crippen molar-refractivity contribution in [3.63, 3.8) is 0 Å². The summed E-state index contributed by atoms with van der Waals surface area (Å²) in [7, 11) is 0. The van der Waals surface area contributed by atoms with Crippen LogP contribution in [0.3, 0.4) is 0 Å². The SMILES string of the molecule is Cc1noc(C2CCNC2)c1CN. The van der Waals surface area contributed by atoms with Gasteiger partial charge in [0.1, 0.15) is 5.76 Å². The smallest absolute Gasteiger partial charge is 0.145 e. The minimum atomic E-state index is 0.472. The molecule has 4 nitrogen and oxygen atoms in total. The molecule has 1 unspecified atom stereocenters. The van der Waals surface area contributed by atoms with Crippen LogP contribution in [0.25, 0.3) is 0 Å². The highest BCUT2D eigenvalue weighted by Crippen LogP contribution is 2.26. The van der Waals surface area contributed by atoms with Gasteiger partial charge in [-0.3, -0.25) is 0 Å². The van der Waals surface area contributed by atoms with E-state index in [-0.39, 0.29) is 0 Å². The summed E-state index contributed by atoms with van der Waals surface area (Å²) >= 11 is 0. The molecule has 2 heterocycles. The van der Waals surface area contributed by atoms with Gasteiger partial charge in [0, 0.05) is 24.6 Å². The van der Waals surface area contributed by atoms with E-state index < -0.39 is 0 Å². The summed E-state index contributed by atoms with van der Waals surface area (Å²) in [5.41, 5.74) is 7.67. The quantitative estimate of drug-likeness (QED) is 0.698. The van der Waals surface area contributed by atoms with Gasteiger partial charge >= 0.3 is 0 Å². The first-order valence-electron chi connectivity index (χ1n) is 4.68. The van der Waals surface area contributed by atoms with Crippen molar-refractivity contribution in [2.45, 2.75) is 25.8 Å². The Balaban J connectivity index is 2.27. The summed E-state index contributed by atoms with van der Waals surface area (Å²) in [5, 5.41) is 7.25. The average Bonchev–Trinajstić information content (AvgIpc) is 2.71. The number of hydrogen-bond acceptors (Lipinski definition) is 4. The van der Waals surface area contributed by atoms with Crippen LogP contribution >= 0.6 is 0 Å². The fourth-order valence-electron chi connectivity index (χ4n) is 1.85. The van der Waals surface area contributed by atoms with E-state index in [1.165, 1.54) is 0 Å².